The molecule has 0 fully saturated rings. The Morgan fingerprint density at radius 1 is 1.23 bits per heavy atom. The summed E-state index contributed by atoms with van der Waals surface area (Å²) in [7, 11) is 1.31. The lowest BCUT2D eigenvalue weighted by atomic mass is 9.99. The van der Waals surface area contributed by atoms with E-state index in [4.69, 9.17) is 4.74 Å². The highest BCUT2D eigenvalue weighted by Gasteiger charge is 2.13. The number of aromatic nitrogens is 1. The molecule has 0 aliphatic rings. The maximum atomic E-state index is 14.1. The number of hydrogen-bond acceptors (Lipinski definition) is 4. The Morgan fingerprint density at radius 2 is 2.05 bits per heavy atom. The molecule has 1 aromatic heterocycles. The Labute approximate surface area is 125 Å². The molecule has 0 saturated carbocycles. The molecule has 0 atom stereocenters. The minimum atomic E-state index is -0.629. The molecule has 22 heavy (non-hydrogen) atoms. The lowest BCUT2D eigenvalue weighted by Crippen LogP contribution is -2.01. The number of nitrogens with zero attached hydrogens (tertiary/aromatic N) is 1. The van der Waals surface area contributed by atoms with Crippen molar-refractivity contribution in [3.05, 3.63) is 60.0 Å². The molecule has 3 rings (SSSR count). The van der Waals surface area contributed by atoms with Crippen LogP contribution in [0.3, 0.4) is 0 Å². The van der Waals surface area contributed by atoms with Gasteiger partial charge in [-0.1, -0.05) is 24.3 Å². The first-order valence-electron chi connectivity index (χ1n) is 6.56. The molecule has 0 spiro atoms. The molecular formula is C17H12FNO3. The molecule has 110 valence electrons. The number of hydrogen-bond donors (Lipinski definition) is 1. The van der Waals surface area contributed by atoms with Crippen LogP contribution in [0, 0.1) is 5.82 Å². The van der Waals surface area contributed by atoms with Gasteiger partial charge in [0, 0.05) is 11.6 Å². The molecule has 5 heteroatoms. The van der Waals surface area contributed by atoms with Crippen LogP contribution in [0.2, 0.25) is 0 Å². The number of ether oxygens (including phenoxy) is 1. The van der Waals surface area contributed by atoms with Gasteiger partial charge in [0.25, 0.3) is 0 Å². The lowest BCUT2D eigenvalue weighted by molar-refractivity contribution is 0.0601. The van der Waals surface area contributed by atoms with E-state index >= 15 is 0 Å². The van der Waals surface area contributed by atoms with E-state index in [1.54, 1.807) is 30.3 Å². The summed E-state index contributed by atoms with van der Waals surface area (Å²) in [6.07, 6.45) is 1.18. The summed E-state index contributed by atoms with van der Waals surface area (Å²) in [6, 6.07) is 11.4. The first-order valence-corrected chi connectivity index (χ1v) is 6.56. The number of carbonyl (C=O) groups excluding carboxylic acids is 1. The summed E-state index contributed by atoms with van der Waals surface area (Å²) in [5.41, 5.74) is 1.04. The van der Waals surface area contributed by atoms with E-state index in [1.807, 2.05) is 6.07 Å². The van der Waals surface area contributed by atoms with Gasteiger partial charge in [-0.2, -0.15) is 0 Å². The molecule has 0 unspecified atom stereocenters. The van der Waals surface area contributed by atoms with Crippen molar-refractivity contribution in [3.63, 3.8) is 0 Å². The summed E-state index contributed by atoms with van der Waals surface area (Å²) in [5, 5.41) is 10.8. The number of methoxy groups -OCH3 is 1. The van der Waals surface area contributed by atoms with Gasteiger partial charge in [0.05, 0.1) is 18.9 Å². The SMILES string of the molecule is COC(=O)c1ccc2cccc(-c3ncc(O)cc3F)c2c1. The molecule has 0 aliphatic carbocycles. The summed E-state index contributed by atoms with van der Waals surface area (Å²) < 4.78 is 18.8. The van der Waals surface area contributed by atoms with E-state index < -0.39 is 11.8 Å². The molecule has 0 radical (unpaired) electrons. The van der Waals surface area contributed by atoms with Crippen LogP contribution in [0.25, 0.3) is 22.0 Å². The summed E-state index contributed by atoms with van der Waals surface area (Å²) in [6.45, 7) is 0. The smallest absolute Gasteiger partial charge is 0.337 e. The van der Waals surface area contributed by atoms with Crippen molar-refractivity contribution in [3.8, 4) is 17.0 Å². The number of aromatic hydroxyl groups is 1. The molecule has 2 aromatic carbocycles. The average molecular weight is 297 g/mol. The van der Waals surface area contributed by atoms with Crippen LogP contribution in [0.1, 0.15) is 10.4 Å². The van der Waals surface area contributed by atoms with Gasteiger partial charge in [0.15, 0.2) is 5.82 Å². The van der Waals surface area contributed by atoms with Gasteiger partial charge in [-0.25, -0.2) is 14.2 Å². The van der Waals surface area contributed by atoms with Gasteiger partial charge in [-0.15, -0.1) is 0 Å². The molecule has 1 heterocycles. The first-order chi connectivity index (χ1) is 10.6. The minimum Gasteiger partial charge on any atom is -0.506 e. The maximum Gasteiger partial charge on any atom is 0.337 e. The van der Waals surface area contributed by atoms with Gasteiger partial charge in [0.1, 0.15) is 11.4 Å². The number of fused-ring (bicyclic) bond motifs is 1. The van der Waals surface area contributed by atoms with E-state index in [-0.39, 0.29) is 11.4 Å². The van der Waals surface area contributed by atoms with Crippen molar-refractivity contribution in [2.75, 3.05) is 7.11 Å². The topological polar surface area (TPSA) is 59.4 Å². The van der Waals surface area contributed by atoms with Gasteiger partial charge in [0.2, 0.25) is 0 Å². The second-order valence-electron chi connectivity index (χ2n) is 4.76. The third-order valence-corrected chi connectivity index (χ3v) is 3.39. The Balaban J connectivity index is 2.26. The fourth-order valence-corrected chi connectivity index (χ4v) is 2.35. The Morgan fingerprint density at radius 3 is 2.77 bits per heavy atom. The second kappa shape index (κ2) is 5.44. The summed E-state index contributed by atoms with van der Waals surface area (Å²) >= 11 is 0. The lowest BCUT2D eigenvalue weighted by Gasteiger charge is -2.09. The van der Waals surface area contributed by atoms with Crippen molar-refractivity contribution in [1.29, 1.82) is 0 Å². The number of carbonyl (C=O) groups is 1. The number of rotatable bonds is 2. The van der Waals surface area contributed by atoms with Gasteiger partial charge < -0.3 is 9.84 Å². The van der Waals surface area contributed by atoms with E-state index in [1.165, 1.54) is 13.3 Å². The molecule has 0 aliphatic heterocycles. The minimum absolute atomic E-state index is 0.116. The standard InChI is InChI=1S/C17H12FNO3/c1-22-17(21)11-6-5-10-3-2-4-13(14(10)7-11)16-15(18)8-12(20)9-19-16/h2-9,20H,1H3. The van der Waals surface area contributed by atoms with Crippen LogP contribution in [0.15, 0.2) is 48.7 Å². The van der Waals surface area contributed by atoms with Crippen LogP contribution in [-0.2, 0) is 4.74 Å². The maximum absolute atomic E-state index is 14.1. The van der Waals surface area contributed by atoms with E-state index in [0.29, 0.717) is 16.5 Å². The van der Waals surface area contributed by atoms with Crippen molar-refractivity contribution in [2.45, 2.75) is 0 Å². The zero-order valence-electron chi connectivity index (χ0n) is 11.7. The predicted molar refractivity (Wildman–Crippen MR) is 80.1 cm³/mol. The van der Waals surface area contributed by atoms with Crippen molar-refractivity contribution in [1.82, 2.24) is 4.98 Å². The molecule has 0 amide bonds. The molecule has 0 saturated heterocycles. The third kappa shape index (κ3) is 2.37. The number of pyridine rings is 1. The summed E-state index contributed by atoms with van der Waals surface area (Å²) in [4.78, 5) is 15.6. The molecule has 0 bridgehead atoms. The van der Waals surface area contributed by atoms with Crippen LogP contribution in [-0.4, -0.2) is 23.2 Å². The molecular weight excluding hydrogens is 285 g/mol. The normalized spacial score (nSPS) is 10.6. The number of esters is 1. The zero-order chi connectivity index (χ0) is 15.7. The second-order valence-corrected chi connectivity index (χ2v) is 4.76. The monoisotopic (exact) mass is 297 g/mol. The highest BCUT2D eigenvalue weighted by atomic mass is 19.1. The van der Waals surface area contributed by atoms with Crippen LogP contribution >= 0.6 is 0 Å². The van der Waals surface area contributed by atoms with Crippen LogP contribution < -0.4 is 0 Å². The van der Waals surface area contributed by atoms with Gasteiger partial charge >= 0.3 is 5.97 Å². The fourth-order valence-electron chi connectivity index (χ4n) is 2.35. The Hall–Kier alpha value is -2.95. The average Bonchev–Trinajstić information content (AvgIpc) is 2.53. The van der Waals surface area contributed by atoms with E-state index in [2.05, 4.69) is 4.98 Å². The fraction of sp³-hybridized carbons (Fsp3) is 0.0588. The Kier molecular flexibility index (Phi) is 3.47. The predicted octanol–water partition coefficient (Wildman–Crippen LogP) is 3.53. The van der Waals surface area contributed by atoms with E-state index in [9.17, 15) is 14.3 Å². The highest BCUT2D eigenvalue weighted by Crippen LogP contribution is 2.30. The highest BCUT2D eigenvalue weighted by molar-refractivity contribution is 6.01. The van der Waals surface area contributed by atoms with Crippen molar-refractivity contribution < 1.29 is 19.0 Å². The van der Waals surface area contributed by atoms with Crippen LogP contribution in [0.5, 0.6) is 5.75 Å². The largest absolute Gasteiger partial charge is 0.506 e. The first kappa shape index (κ1) is 14.0. The molecule has 4 nitrogen and oxygen atoms in total. The van der Waals surface area contributed by atoms with Gasteiger partial charge in [-0.3, -0.25) is 0 Å². The quantitative estimate of drug-likeness (QED) is 0.735. The zero-order valence-corrected chi connectivity index (χ0v) is 11.7. The number of halogens is 1. The van der Waals surface area contributed by atoms with Crippen molar-refractivity contribution in [2.24, 2.45) is 0 Å². The van der Waals surface area contributed by atoms with Crippen LogP contribution in [0.4, 0.5) is 4.39 Å². The third-order valence-electron chi connectivity index (χ3n) is 3.39. The molecule has 3 aromatic rings. The molecule has 1 N–H and O–H groups in total. The summed E-state index contributed by atoms with van der Waals surface area (Å²) in [5.74, 6) is -1.33. The number of benzene rings is 2. The van der Waals surface area contributed by atoms with E-state index in [0.717, 1.165) is 11.5 Å². The Bertz CT molecular complexity index is 877. The van der Waals surface area contributed by atoms with Gasteiger partial charge in [-0.05, 0) is 22.9 Å². The van der Waals surface area contributed by atoms with Crippen molar-refractivity contribution >= 4 is 16.7 Å².